The van der Waals surface area contributed by atoms with E-state index < -0.39 is 26.7 Å². The summed E-state index contributed by atoms with van der Waals surface area (Å²) in [5, 5.41) is 13.1. The minimum Gasteiger partial charge on any atom is -0.387 e. The van der Waals surface area contributed by atoms with Gasteiger partial charge in [-0.05, 0) is 24.6 Å². The molecule has 2 N–H and O–H groups in total. The van der Waals surface area contributed by atoms with Gasteiger partial charge in [0.15, 0.2) is 9.84 Å². The van der Waals surface area contributed by atoms with E-state index >= 15 is 0 Å². The zero-order valence-electron chi connectivity index (χ0n) is 11.9. The highest BCUT2D eigenvalue weighted by atomic mass is 32.2. The molecule has 0 amide bonds. The Labute approximate surface area is 122 Å². The summed E-state index contributed by atoms with van der Waals surface area (Å²) in [6.07, 6.45) is 2.06. The SMILES string of the molecule is CC(CS(C)=O)NCC(O)c1ccc(S(C)(=O)=O)cc1. The Hall–Kier alpha value is -0.760. The van der Waals surface area contributed by atoms with Crippen molar-refractivity contribution in [1.29, 1.82) is 0 Å². The predicted octanol–water partition coefficient (Wildman–Crippen LogP) is 0.480. The Morgan fingerprint density at radius 1 is 1.30 bits per heavy atom. The first-order valence-corrected chi connectivity index (χ1v) is 9.83. The van der Waals surface area contributed by atoms with Crippen LogP contribution >= 0.6 is 0 Å². The minimum atomic E-state index is -3.22. The van der Waals surface area contributed by atoms with Gasteiger partial charge in [-0.15, -0.1) is 0 Å². The lowest BCUT2D eigenvalue weighted by molar-refractivity contribution is 0.171. The number of aliphatic hydroxyl groups is 1. The van der Waals surface area contributed by atoms with Gasteiger partial charge in [-0.25, -0.2) is 8.42 Å². The molecule has 1 rings (SSSR count). The standard InChI is InChI=1S/C13H21NO4S2/c1-10(9-19(2)16)14-8-13(15)11-4-6-12(7-5-11)20(3,17)18/h4-7,10,13-15H,8-9H2,1-3H3. The largest absolute Gasteiger partial charge is 0.387 e. The summed E-state index contributed by atoms with van der Waals surface area (Å²) in [5.74, 6) is 0.528. The van der Waals surface area contributed by atoms with Crippen molar-refractivity contribution in [2.75, 3.05) is 24.8 Å². The van der Waals surface area contributed by atoms with Crippen LogP contribution in [0.25, 0.3) is 0 Å². The minimum absolute atomic E-state index is 0.0470. The normalized spacial score (nSPS) is 16.6. The van der Waals surface area contributed by atoms with Crippen molar-refractivity contribution >= 4 is 20.6 Å². The smallest absolute Gasteiger partial charge is 0.175 e. The van der Waals surface area contributed by atoms with Gasteiger partial charge in [0.25, 0.3) is 0 Å². The lowest BCUT2D eigenvalue weighted by atomic mass is 10.1. The van der Waals surface area contributed by atoms with Crippen molar-refractivity contribution in [2.45, 2.75) is 24.0 Å². The van der Waals surface area contributed by atoms with E-state index in [1.165, 1.54) is 12.1 Å². The van der Waals surface area contributed by atoms with Crippen LogP contribution in [0.1, 0.15) is 18.6 Å². The van der Waals surface area contributed by atoms with Gasteiger partial charge in [0.05, 0.1) is 11.0 Å². The molecule has 0 bridgehead atoms. The highest BCUT2D eigenvalue weighted by Crippen LogP contribution is 2.16. The van der Waals surface area contributed by atoms with Crippen molar-refractivity contribution in [2.24, 2.45) is 0 Å². The molecule has 7 heteroatoms. The Morgan fingerprint density at radius 3 is 2.30 bits per heavy atom. The second-order valence-electron chi connectivity index (χ2n) is 4.91. The third-order valence-corrected chi connectivity index (χ3v) is 4.94. The van der Waals surface area contributed by atoms with Crippen LogP contribution in [0.4, 0.5) is 0 Å². The van der Waals surface area contributed by atoms with E-state index in [1.54, 1.807) is 18.4 Å². The quantitative estimate of drug-likeness (QED) is 0.764. The van der Waals surface area contributed by atoms with E-state index in [9.17, 15) is 17.7 Å². The molecule has 0 aliphatic rings. The molecule has 0 aromatic heterocycles. The maximum Gasteiger partial charge on any atom is 0.175 e. The lowest BCUT2D eigenvalue weighted by Gasteiger charge is -2.16. The van der Waals surface area contributed by atoms with Crippen LogP contribution in [0.3, 0.4) is 0 Å². The zero-order valence-corrected chi connectivity index (χ0v) is 13.5. The predicted molar refractivity (Wildman–Crippen MR) is 80.9 cm³/mol. The van der Waals surface area contributed by atoms with Crippen molar-refractivity contribution in [3.05, 3.63) is 29.8 Å². The first-order valence-electron chi connectivity index (χ1n) is 6.21. The summed E-state index contributed by atoms with van der Waals surface area (Å²) in [6, 6.07) is 6.22. The Kier molecular flexibility index (Phi) is 6.32. The van der Waals surface area contributed by atoms with Gasteiger partial charge in [-0.2, -0.15) is 0 Å². The van der Waals surface area contributed by atoms with Gasteiger partial charge in [-0.1, -0.05) is 12.1 Å². The first kappa shape index (κ1) is 17.3. The van der Waals surface area contributed by atoms with Gasteiger partial charge < -0.3 is 10.4 Å². The van der Waals surface area contributed by atoms with Crippen LogP contribution < -0.4 is 5.32 Å². The van der Waals surface area contributed by atoms with E-state index in [0.717, 1.165) is 6.26 Å². The molecule has 0 spiro atoms. The molecule has 0 saturated heterocycles. The van der Waals surface area contributed by atoms with Crippen LogP contribution in [-0.4, -0.2) is 48.6 Å². The number of aliphatic hydroxyl groups excluding tert-OH is 1. The van der Waals surface area contributed by atoms with Crippen LogP contribution in [-0.2, 0) is 20.6 Å². The monoisotopic (exact) mass is 319 g/mol. The van der Waals surface area contributed by atoms with Gasteiger partial charge in [0.1, 0.15) is 0 Å². The third kappa shape index (κ3) is 5.70. The molecular weight excluding hydrogens is 298 g/mol. The molecule has 0 aliphatic carbocycles. The zero-order chi connectivity index (χ0) is 15.3. The fourth-order valence-corrected chi connectivity index (χ4v) is 3.23. The Balaban J connectivity index is 2.60. The van der Waals surface area contributed by atoms with Crippen LogP contribution in [0.5, 0.6) is 0 Å². The molecule has 0 heterocycles. The number of nitrogens with one attached hydrogen (secondary N) is 1. The third-order valence-electron chi connectivity index (χ3n) is 2.84. The average Bonchev–Trinajstić information content (AvgIpc) is 2.34. The van der Waals surface area contributed by atoms with E-state index in [0.29, 0.717) is 17.9 Å². The molecule has 20 heavy (non-hydrogen) atoms. The molecule has 0 aliphatic heterocycles. The first-order chi connectivity index (χ1) is 9.20. The topological polar surface area (TPSA) is 83.5 Å². The second kappa shape index (κ2) is 7.31. The van der Waals surface area contributed by atoms with E-state index in [1.807, 2.05) is 6.92 Å². The number of benzene rings is 1. The van der Waals surface area contributed by atoms with Crippen molar-refractivity contribution in [3.8, 4) is 0 Å². The molecule has 5 nitrogen and oxygen atoms in total. The number of hydrogen-bond acceptors (Lipinski definition) is 5. The molecule has 0 radical (unpaired) electrons. The van der Waals surface area contributed by atoms with Crippen molar-refractivity contribution < 1.29 is 17.7 Å². The number of rotatable bonds is 7. The molecule has 0 saturated carbocycles. The van der Waals surface area contributed by atoms with Crippen LogP contribution in [0.2, 0.25) is 0 Å². The molecular formula is C13H21NO4S2. The summed E-state index contributed by atoms with van der Waals surface area (Å²) in [5.41, 5.74) is 0.648. The molecule has 3 atom stereocenters. The van der Waals surface area contributed by atoms with Crippen LogP contribution in [0.15, 0.2) is 29.2 Å². The van der Waals surface area contributed by atoms with Crippen LogP contribution in [0, 0.1) is 0 Å². The van der Waals surface area contributed by atoms with E-state index in [4.69, 9.17) is 0 Å². The molecule has 1 aromatic rings. The molecule has 114 valence electrons. The number of hydrogen-bond donors (Lipinski definition) is 2. The second-order valence-corrected chi connectivity index (χ2v) is 8.40. The molecule has 3 unspecified atom stereocenters. The number of sulfone groups is 1. The summed E-state index contributed by atoms with van der Waals surface area (Å²) in [7, 11) is -4.09. The van der Waals surface area contributed by atoms with Gasteiger partial charge in [-0.3, -0.25) is 4.21 Å². The fourth-order valence-electron chi connectivity index (χ4n) is 1.78. The van der Waals surface area contributed by atoms with Crippen molar-refractivity contribution in [1.82, 2.24) is 5.32 Å². The fraction of sp³-hybridized carbons (Fsp3) is 0.538. The lowest BCUT2D eigenvalue weighted by Crippen LogP contribution is -2.34. The maximum absolute atomic E-state index is 11.3. The van der Waals surface area contributed by atoms with Crippen molar-refractivity contribution in [3.63, 3.8) is 0 Å². The van der Waals surface area contributed by atoms with Gasteiger partial charge in [0.2, 0.25) is 0 Å². The molecule has 1 aromatic carbocycles. The van der Waals surface area contributed by atoms with E-state index in [-0.39, 0.29) is 10.9 Å². The highest BCUT2D eigenvalue weighted by molar-refractivity contribution is 7.90. The summed E-state index contributed by atoms with van der Waals surface area (Å²) >= 11 is 0. The van der Waals surface area contributed by atoms with Gasteiger partial charge >= 0.3 is 0 Å². The summed E-state index contributed by atoms with van der Waals surface area (Å²) in [6.45, 7) is 2.23. The average molecular weight is 319 g/mol. The highest BCUT2D eigenvalue weighted by Gasteiger charge is 2.12. The Morgan fingerprint density at radius 2 is 1.85 bits per heavy atom. The maximum atomic E-state index is 11.3. The molecule has 0 fully saturated rings. The van der Waals surface area contributed by atoms with Gasteiger partial charge in [0, 0.05) is 41.7 Å². The Bertz CT molecular complexity index is 554. The van der Waals surface area contributed by atoms with E-state index in [2.05, 4.69) is 5.32 Å². The summed E-state index contributed by atoms with van der Waals surface area (Å²) in [4.78, 5) is 0.233. The summed E-state index contributed by atoms with van der Waals surface area (Å²) < 4.78 is 33.7.